The first kappa shape index (κ1) is 58.4. The second-order valence-corrected chi connectivity index (χ2v) is 18.5. The van der Waals surface area contributed by atoms with E-state index in [1.165, 1.54) is 212 Å². The van der Waals surface area contributed by atoms with Gasteiger partial charge in [-0.2, -0.15) is 0 Å². The number of hydrogen-bond donors (Lipinski definition) is 0. The van der Waals surface area contributed by atoms with Gasteiger partial charge in [0.2, 0.25) is 0 Å². The monoisotopic (exact) mass is 849 g/mol. The molecule has 0 spiro atoms. The van der Waals surface area contributed by atoms with E-state index in [4.69, 9.17) is 14.2 Å². The Morgan fingerprint density at radius 2 is 0.450 bits per heavy atom. The van der Waals surface area contributed by atoms with Gasteiger partial charge in [0.15, 0.2) is 6.10 Å². The van der Waals surface area contributed by atoms with Gasteiger partial charge in [-0.1, -0.05) is 271 Å². The number of ether oxygens (including phenoxy) is 3. The summed E-state index contributed by atoms with van der Waals surface area (Å²) in [5, 5.41) is 0. The van der Waals surface area contributed by atoms with E-state index in [0.717, 1.165) is 57.8 Å². The van der Waals surface area contributed by atoms with Crippen molar-refractivity contribution >= 4 is 17.9 Å². The average Bonchev–Trinajstić information content (AvgIpc) is 3.24. The first-order chi connectivity index (χ1) is 29.5. The van der Waals surface area contributed by atoms with Crippen LogP contribution in [0.25, 0.3) is 0 Å². The first-order valence-electron chi connectivity index (χ1n) is 27.0. The third-order valence-corrected chi connectivity index (χ3v) is 12.4. The topological polar surface area (TPSA) is 78.9 Å². The van der Waals surface area contributed by atoms with Crippen LogP contribution in [-0.4, -0.2) is 37.2 Å². The van der Waals surface area contributed by atoms with Crippen molar-refractivity contribution in [1.82, 2.24) is 0 Å². The average molecular weight is 849 g/mol. The quantitative estimate of drug-likeness (QED) is 0.0345. The summed E-state index contributed by atoms with van der Waals surface area (Å²) < 4.78 is 16.8. The summed E-state index contributed by atoms with van der Waals surface area (Å²) >= 11 is 0. The molecule has 0 unspecified atom stereocenters. The van der Waals surface area contributed by atoms with Gasteiger partial charge in [0.25, 0.3) is 0 Å². The van der Waals surface area contributed by atoms with Crippen molar-refractivity contribution in [1.29, 1.82) is 0 Å². The number of rotatable bonds is 50. The fraction of sp³-hybridized carbons (Fsp3) is 0.944. The summed E-state index contributed by atoms with van der Waals surface area (Å²) in [6, 6.07) is 0. The molecule has 0 rings (SSSR count). The lowest BCUT2D eigenvalue weighted by Crippen LogP contribution is -2.30. The summed E-state index contributed by atoms with van der Waals surface area (Å²) in [5.74, 6) is -0.840. The van der Waals surface area contributed by atoms with E-state index in [1.807, 2.05) is 0 Å². The molecular formula is C54H104O6. The molecule has 6 heteroatoms. The van der Waals surface area contributed by atoms with E-state index >= 15 is 0 Å². The van der Waals surface area contributed by atoms with Crippen molar-refractivity contribution in [3.63, 3.8) is 0 Å². The Morgan fingerprint density at radius 1 is 0.267 bits per heavy atom. The second kappa shape index (κ2) is 50.1. The van der Waals surface area contributed by atoms with Gasteiger partial charge in [-0.3, -0.25) is 14.4 Å². The third kappa shape index (κ3) is 47.5. The molecule has 1 atom stereocenters. The predicted molar refractivity (Wildman–Crippen MR) is 257 cm³/mol. The standard InChI is InChI=1S/C54H104O6/c1-4-7-10-13-16-19-22-24-25-26-27-28-29-30-33-35-38-41-44-47-53(56)59-50-51(49-58-52(55)46-43-40-37-34-31-21-18-15-12-9-6-3)60-54(57)48-45-42-39-36-32-23-20-17-14-11-8-5-2/h51H,4-50H2,1-3H3/t51-/m1/s1. The molecule has 0 heterocycles. The molecule has 0 aromatic heterocycles. The van der Waals surface area contributed by atoms with Gasteiger partial charge in [-0.25, -0.2) is 0 Å². The van der Waals surface area contributed by atoms with Gasteiger partial charge < -0.3 is 14.2 Å². The summed E-state index contributed by atoms with van der Waals surface area (Å²) in [5.41, 5.74) is 0. The Morgan fingerprint density at radius 3 is 0.667 bits per heavy atom. The number of carbonyl (C=O) groups excluding carboxylic acids is 3. The molecule has 0 aliphatic rings. The number of carbonyl (C=O) groups is 3. The highest BCUT2D eigenvalue weighted by Gasteiger charge is 2.19. The molecule has 60 heavy (non-hydrogen) atoms. The van der Waals surface area contributed by atoms with Crippen LogP contribution >= 0.6 is 0 Å². The van der Waals surface area contributed by atoms with E-state index in [2.05, 4.69) is 20.8 Å². The highest BCUT2D eigenvalue weighted by Crippen LogP contribution is 2.17. The molecule has 0 saturated carbocycles. The Bertz CT molecular complexity index is 889. The highest BCUT2D eigenvalue weighted by molar-refractivity contribution is 5.71. The maximum atomic E-state index is 12.8. The molecule has 0 saturated heterocycles. The van der Waals surface area contributed by atoms with Gasteiger partial charge in [-0.15, -0.1) is 0 Å². The van der Waals surface area contributed by atoms with Crippen LogP contribution in [0.2, 0.25) is 0 Å². The van der Waals surface area contributed by atoms with Gasteiger partial charge in [0.05, 0.1) is 0 Å². The zero-order valence-electron chi connectivity index (χ0n) is 40.8. The normalized spacial score (nSPS) is 11.8. The smallest absolute Gasteiger partial charge is 0.306 e. The van der Waals surface area contributed by atoms with Crippen LogP contribution in [0, 0.1) is 0 Å². The third-order valence-electron chi connectivity index (χ3n) is 12.4. The van der Waals surface area contributed by atoms with Crippen LogP contribution in [0.4, 0.5) is 0 Å². The molecule has 6 nitrogen and oxygen atoms in total. The van der Waals surface area contributed by atoms with E-state index in [0.29, 0.717) is 19.3 Å². The van der Waals surface area contributed by atoms with Crippen molar-refractivity contribution in [3.8, 4) is 0 Å². The van der Waals surface area contributed by atoms with Gasteiger partial charge in [-0.05, 0) is 19.3 Å². The molecule has 0 aliphatic heterocycles. The van der Waals surface area contributed by atoms with Gasteiger partial charge in [0.1, 0.15) is 13.2 Å². The molecule has 0 aromatic carbocycles. The Hall–Kier alpha value is -1.59. The van der Waals surface area contributed by atoms with Crippen molar-refractivity contribution < 1.29 is 28.6 Å². The zero-order valence-corrected chi connectivity index (χ0v) is 40.8. The minimum atomic E-state index is -0.759. The zero-order chi connectivity index (χ0) is 43.7. The molecule has 0 aromatic rings. The Balaban J connectivity index is 4.23. The largest absolute Gasteiger partial charge is 0.462 e. The minimum Gasteiger partial charge on any atom is -0.462 e. The van der Waals surface area contributed by atoms with E-state index in [1.54, 1.807) is 0 Å². The maximum absolute atomic E-state index is 12.8. The van der Waals surface area contributed by atoms with E-state index in [-0.39, 0.29) is 31.1 Å². The molecule has 0 fully saturated rings. The lowest BCUT2D eigenvalue weighted by molar-refractivity contribution is -0.167. The first-order valence-corrected chi connectivity index (χ1v) is 27.0. The van der Waals surface area contributed by atoms with Crippen molar-refractivity contribution in [2.75, 3.05) is 13.2 Å². The minimum absolute atomic E-state index is 0.0616. The molecular weight excluding hydrogens is 745 g/mol. The van der Waals surface area contributed by atoms with Crippen molar-refractivity contribution in [2.24, 2.45) is 0 Å². The summed E-state index contributed by atoms with van der Waals surface area (Å²) in [4.78, 5) is 37.9. The lowest BCUT2D eigenvalue weighted by Gasteiger charge is -2.18. The SMILES string of the molecule is CCCCCCCCCCCCCCCCCCCCCC(=O)OC[C@@H](COC(=O)CCCCCCCCCCCCC)OC(=O)CCCCCCCCCCCCCC. The Kier molecular flexibility index (Phi) is 48.7. The summed E-state index contributed by atoms with van der Waals surface area (Å²) in [7, 11) is 0. The molecule has 0 aliphatic carbocycles. The van der Waals surface area contributed by atoms with Gasteiger partial charge >= 0.3 is 17.9 Å². The summed E-state index contributed by atoms with van der Waals surface area (Å²) in [6.45, 7) is 6.68. The van der Waals surface area contributed by atoms with Crippen LogP contribution in [-0.2, 0) is 28.6 Å². The number of esters is 3. The van der Waals surface area contributed by atoms with E-state index in [9.17, 15) is 14.4 Å². The molecule has 0 amide bonds. The maximum Gasteiger partial charge on any atom is 0.306 e. The second-order valence-electron chi connectivity index (χ2n) is 18.5. The Labute approximate surface area is 374 Å². The summed E-state index contributed by atoms with van der Waals surface area (Å²) in [6.07, 6.45) is 53.8. The van der Waals surface area contributed by atoms with Crippen LogP contribution in [0.1, 0.15) is 310 Å². The van der Waals surface area contributed by atoms with Gasteiger partial charge in [0, 0.05) is 19.3 Å². The molecule has 356 valence electrons. The molecule has 0 radical (unpaired) electrons. The lowest BCUT2D eigenvalue weighted by atomic mass is 10.0. The van der Waals surface area contributed by atoms with Crippen LogP contribution < -0.4 is 0 Å². The van der Waals surface area contributed by atoms with E-state index < -0.39 is 6.10 Å². The van der Waals surface area contributed by atoms with Crippen LogP contribution in [0.15, 0.2) is 0 Å². The van der Waals surface area contributed by atoms with Crippen LogP contribution in [0.3, 0.4) is 0 Å². The van der Waals surface area contributed by atoms with Crippen LogP contribution in [0.5, 0.6) is 0 Å². The van der Waals surface area contributed by atoms with Crippen molar-refractivity contribution in [2.45, 2.75) is 316 Å². The predicted octanol–water partition coefficient (Wildman–Crippen LogP) is 17.6. The number of hydrogen-bond acceptors (Lipinski definition) is 6. The van der Waals surface area contributed by atoms with Crippen molar-refractivity contribution in [3.05, 3.63) is 0 Å². The molecule has 0 bridgehead atoms. The highest BCUT2D eigenvalue weighted by atomic mass is 16.6. The number of unbranched alkanes of at least 4 members (excludes halogenated alkanes) is 39. The molecule has 0 N–H and O–H groups in total. The fourth-order valence-corrected chi connectivity index (χ4v) is 8.27. The fourth-order valence-electron chi connectivity index (χ4n) is 8.27.